The molecule has 0 saturated carbocycles. The van der Waals surface area contributed by atoms with E-state index in [9.17, 15) is 33.1 Å². The standard InChI is InChI=1S/C49H92O12S/c1-3-5-7-9-11-13-15-17-19-20-21-22-23-24-25-26-28-30-32-34-36-38-45(51)59-43(41-57-39-37-35-33-31-29-27-18-16-14-12-10-8-6-4-2)42-58-49-47(53)48(61-62(54,55)56)46(52)44(40-50)60-49/h8,10,14,16,43-44,46-50,52-53H,3-7,9,11-13,15,17-42H2,1-2H3,(H,54,55,56)/b10-8-,16-14-. The number of esters is 1. The highest BCUT2D eigenvalue weighted by molar-refractivity contribution is 7.80. The molecular formula is C49H92O12S. The van der Waals surface area contributed by atoms with Crippen LogP contribution in [0.15, 0.2) is 24.3 Å². The van der Waals surface area contributed by atoms with Crippen molar-refractivity contribution in [2.45, 2.75) is 256 Å². The number of unbranched alkanes of at least 4 members (excludes halogenated alkanes) is 27. The second-order valence-electron chi connectivity index (χ2n) is 17.4. The van der Waals surface area contributed by atoms with Gasteiger partial charge in [-0.1, -0.05) is 199 Å². The largest absolute Gasteiger partial charge is 0.457 e. The summed E-state index contributed by atoms with van der Waals surface area (Å²) < 4.78 is 59.2. The topological polar surface area (TPSA) is 178 Å². The molecule has 1 saturated heterocycles. The lowest BCUT2D eigenvalue weighted by Crippen LogP contribution is -2.60. The van der Waals surface area contributed by atoms with Gasteiger partial charge in [0.2, 0.25) is 0 Å². The predicted octanol–water partition coefficient (Wildman–Crippen LogP) is 11.2. The fraction of sp³-hybridized carbons (Fsp3) is 0.898. The van der Waals surface area contributed by atoms with E-state index in [1.165, 1.54) is 128 Å². The van der Waals surface area contributed by atoms with Gasteiger partial charge in [0.1, 0.15) is 30.5 Å². The number of carbonyl (C=O) groups excluding carboxylic acids is 1. The molecule has 0 amide bonds. The molecule has 1 aliphatic heterocycles. The minimum atomic E-state index is -5.06. The number of allylic oxidation sites excluding steroid dienone is 4. The maximum absolute atomic E-state index is 12.9. The van der Waals surface area contributed by atoms with Gasteiger partial charge in [-0.05, 0) is 38.5 Å². The Balaban J connectivity index is 2.34. The van der Waals surface area contributed by atoms with Gasteiger partial charge in [-0.2, -0.15) is 8.42 Å². The van der Waals surface area contributed by atoms with E-state index in [1.54, 1.807) is 0 Å². The molecule has 0 aliphatic carbocycles. The first-order valence-electron chi connectivity index (χ1n) is 25.1. The van der Waals surface area contributed by atoms with Crippen molar-refractivity contribution in [2.75, 3.05) is 26.4 Å². The Bertz CT molecular complexity index is 1180. The Morgan fingerprint density at radius 2 is 1.10 bits per heavy atom. The van der Waals surface area contributed by atoms with Gasteiger partial charge in [-0.25, -0.2) is 4.18 Å². The quantitative estimate of drug-likeness (QED) is 0.0197. The molecule has 4 N–H and O–H groups in total. The average Bonchev–Trinajstić information content (AvgIpc) is 3.24. The van der Waals surface area contributed by atoms with Gasteiger partial charge in [0.25, 0.3) is 0 Å². The zero-order valence-electron chi connectivity index (χ0n) is 39.2. The van der Waals surface area contributed by atoms with Crippen LogP contribution >= 0.6 is 0 Å². The van der Waals surface area contributed by atoms with Crippen LogP contribution in [0.1, 0.15) is 219 Å². The smallest absolute Gasteiger partial charge is 0.397 e. The summed E-state index contributed by atoms with van der Waals surface area (Å²) in [5, 5.41) is 30.7. The first-order chi connectivity index (χ1) is 30.1. The first kappa shape index (κ1) is 58.6. The molecule has 12 nitrogen and oxygen atoms in total. The van der Waals surface area contributed by atoms with Crippen LogP contribution in [0.25, 0.3) is 0 Å². The Hall–Kier alpha value is -1.42. The van der Waals surface area contributed by atoms with Gasteiger partial charge in [0, 0.05) is 13.0 Å². The van der Waals surface area contributed by atoms with Crippen molar-refractivity contribution >= 4 is 16.4 Å². The molecule has 6 unspecified atom stereocenters. The fourth-order valence-corrected chi connectivity index (χ4v) is 8.28. The highest BCUT2D eigenvalue weighted by atomic mass is 32.3. The predicted molar refractivity (Wildman–Crippen MR) is 248 cm³/mol. The highest BCUT2D eigenvalue weighted by Gasteiger charge is 2.48. The van der Waals surface area contributed by atoms with Crippen LogP contribution in [0.5, 0.6) is 0 Å². The number of carbonyl (C=O) groups is 1. The van der Waals surface area contributed by atoms with E-state index >= 15 is 0 Å². The molecule has 1 heterocycles. The van der Waals surface area contributed by atoms with Crippen molar-refractivity contribution in [2.24, 2.45) is 0 Å². The molecule has 0 bridgehead atoms. The van der Waals surface area contributed by atoms with Gasteiger partial charge in [-0.3, -0.25) is 9.35 Å². The van der Waals surface area contributed by atoms with Gasteiger partial charge in [0.05, 0.1) is 19.8 Å². The van der Waals surface area contributed by atoms with Crippen LogP contribution in [0.4, 0.5) is 0 Å². The van der Waals surface area contributed by atoms with Crippen molar-refractivity contribution in [1.29, 1.82) is 0 Å². The Morgan fingerprint density at radius 1 is 0.613 bits per heavy atom. The first-order valence-corrected chi connectivity index (χ1v) is 26.5. The summed E-state index contributed by atoms with van der Waals surface area (Å²) in [5.74, 6) is -0.399. The summed E-state index contributed by atoms with van der Waals surface area (Å²) in [6.07, 6.45) is 37.8. The van der Waals surface area contributed by atoms with Crippen LogP contribution < -0.4 is 0 Å². The third kappa shape index (κ3) is 34.0. The van der Waals surface area contributed by atoms with E-state index in [0.29, 0.717) is 13.0 Å². The highest BCUT2D eigenvalue weighted by Crippen LogP contribution is 2.26. The Kier molecular flexibility index (Phi) is 38.8. The monoisotopic (exact) mass is 905 g/mol. The molecule has 6 atom stereocenters. The minimum absolute atomic E-state index is 0.0326. The number of hydrogen-bond donors (Lipinski definition) is 4. The number of hydrogen-bond acceptors (Lipinski definition) is 11. The Labute approximate surface area is 378 Å². The normalized spacial score (nSPS) is 20.1. The van der Waals surface area contributed by atoms with Crippen LogP contribution in [-0.4, -0.2) is 97.5 Å². The molecule has 366 valence electrons. The van der Waals surface area contributed by atoms with Gasteiger partial charge in [-0.15, -0.1) is 0 Å². The van der Waals surface area contributed by atoms with E-state index in [0.717, 1.165) is 64.2 Å². The molecule has 1 rings (SSSR count). The number of ether oxygens (including phenoxy) is 4. The SMILES string of the molecule is CCC/C=C\C/C=C\CCCCCCCCOCC(COC1OC(CO)C(O)C(OS(=O)(=O)O)C1O)OC(=O)CCCCCCCCCCCCCCCCCCCCCCC. The summed E-state index contributed by atoms with van der Waals surface area (Å²) in [5.41, 5.74) is 0. The molecule has 0 radical (unpaired) electrons. The maximum atomic E-state index is 12.9. The van der Waals surface area contributed by atoms with Crippen LogP contribution in [0, 0.1) is 0 Å². The van der Waals surface area contributed by atoms with E-state index in [-0.39, 0.29) is 19.6 Å². The molecular weight excluding hydrogens is 813 g/mol. The van der Waals surface area contributed by atoms with Crippen LogP contribution in [0.2, 0.25) is 0 Å². The third-order valence-corrected chi connectivity index (χ3v) is 12.0. The summed E-state index contributed by atoms with van der Waals surface area (Å²) in [4.78, 5) is 12.9. The molecule has 13 heteroatoms. The third-order valence-electron chi connectivity index (χ3n) is 11.6. The number of aliphatic hydroxyl groups excluding tert-OH is 3. The Morgan fingerprint density at radius 3 is 1.60 bits per heavy atom. The second kappa shape index (κ2) is 41.0. The van der Waals surface area contributed by atoms with Gasteiger partial charge in [0.15, 0.2) is 6.29 Å². The van der Waals surface area contributed by atoms with Crippen molar-refractivity contribution < 1.29 is 56.2 Å². The lowest BCUT2D eigenvalue weighted by atomic mass is 9.99. The van der Waals surface area contributed by atoms with Gasteiger partial charge < -0.3 is 34.3 Å². The molecule has 1 fully saturated rings. The van der Waals surface area contributed by atoms with Crippen LogP contribution in [-0.2, 0) is 38.3 Å². The van der Waals surface area contributed by atoms with Gasteiger partial charge >= 0.3 is 16.4 Å². The number of aliphatic hydroxyl groups is 3. The van der Waals surface area contributed by atoms with Crippen LogP contribution in [0.3, 0.4) is 0 Å². The zero-order chi connectivity index (χ0) is 45.4. The molecule has 1 aliphatic rings. The fourth-order valence-electron chi connectivity index (χ4n) is 7.77. The van der Waals surface area contributed by atoms with E-state index in [2.05, 4.69) is 42.3 Å². The van der Waals surface area contributed by atoms with Crippen molar-refractivity contribution in [3.63, 3.8) is 0 Å². The molecule has 0 aromatic heterocycles. The summed E-state index contributed by atoms with van der Waals surface area (Å²) in [6, 6.07) is 0. The van der Waals surface area contributed by atoms with E-state index in [1.807, 2.05) is 0 Å². The van der Waals surface area contributed by atoms with Crippen molar-refractivity contribution in [3.05, 3.63) is 24.3 Å². The molecule has 62 heavy (non-hydrogen) atoms. The second-order valence-corrected chi connectivity index (χ2v) is 18.5. The molecule has 0 spiro atoms. The summed E-state index contributed by atoms with van der Waals surface area (Å²) >= 11 is 0. The lowest BCUT2D eigenvalue weighted by molar-refractivity contribution is -0.301. The summed E-state index contributed by atoms with van der Waals surface area (Å²) in [7, 11) is -5.06. The lowest BCUT2D eigenvalue weighted by Gasteiger charge is -2.41. The minimum Gasteiger partial charge on any atom is -0.457 e. The molecule has 0 aromatic rings. The summed E-state index contributed by atoms with van der Waals surface area (Å²) in [6.45, 7) is 3.94. The van der Waals surface area contributed by atoms with E-state index in [4.69, 9.17) is 18.9 Å². The van der Waals surface area contributed by atoms with Crippen molar-refractivity contribution in [3.8, 4) is 0 Å². The maximum Gasteiger partial charge on any atom is 0.397 e. The van der Waals surface area contributed by atoms with E-state index < -0.39 is 59.8 Å². The number of rotatable bonds is 44. The molecule has 0 aromatic carbocycles. The average molecular weight is 905 g/mol. The van der Waals surface area contributed by atoms with Crippen molar-refractivity contribution in [1.82, 2.24) is 0 Å². The zero-order valence-corrected chi connectivity index (χ0v) is 40.0.